The Morgan fingerprint density at radius 2 is 2.03 bits per heavy atom. The van der Waals surface area contributed by atoms with Crippen LogP contribution in [0.5, 0.6) is 0 Å². The number of aliphatic imine (C=N–C) groups is 1. The lowest BCUT2D eigenvalue weighted by Gasteiger charge is -2.22. The largest absolute Gasteiger partial charge is 0.356 e. The maximum atomic E-state index is 4.76. The third-order valence-corrected chi connectivity index (χ3v) is 5.64. The molecule has 0 saturated carbocycles. The Hall–Kier alpha value is -2.67. The fraction of sp³-hybridized carbons (Fsp3) is 0.409. The van der Waals surface area contributed by atoms with E-state index in [9.17, 15) is 0 Å². The molecule has 154 valence electrons. The van der Waals surface area contributed by atoms with Crippen molar-refractivity contribution in [1.29, 1.82) is 0 Å². The molecule has 3 aromatic rings. The molecular weight excluding hydrogens is 380 g/mol. The Morgan fingerprint density at radius 1 is 1.28 bits per heavy atom. The lowest BCUT2D eigenvalue weighted by molar-refractivity contribution is 0.473. The zero-order chi connectivity index (χ0) is 20.8. The maximum absolute atomic E-state index is 4.76. The van der Waals surface area contributed by atoms with Crippen LogP contribution in [-0.4, -0.2) is 46.3 Å². The normalized spacial score (nSPS) is 11.9. The number of hydrogen-bond donors (Lipinski definition) is 1. The Bertz CT molecular complexity index is 941. The van der Waals surface area contributed by atoms with Gasteiger partial charge in [-0.05, 0) is 5.92 Å². The minimum atomic E-state index is 0.401. The van der Waals surface area contributed by atoms with Gasteiger partial charge >= 0.3 is 0 Å². The Labute approximate surface area is 177 Å². The van der Waals surface area contributed by atoms with E-state index in [0.29, 0.717) is 5.92 Å². The molecular formula is C22H30N6S. The van der Waals surface area contributed by atoms with Gasteiger partial charge in [0.15, 0.2) is 5.96 Å². The lowest BCUT2D eigenvalue weighted by atomic mass is 10.1. The first-order valence-electron chi connectivity index (χ1n) is 9.92. The third kappa shape index (κ3) is 5.44. The number of thiazole rings is 1. The summed E-state index contributed by atoms with van der Waals surface area (Å²) < 4.78 is 1.89. The van der Waals surface area contributed by atoms with E-state index in [-0.39, 0.29) is 0 Å². The molecule has 0 atom stereocenters. The number of guanidine groups is 1. The van der Waals surface area contributed by atoms with Crippen molar-refractivity contribution >= 4 is 17.3 Å². The number of nitrogens with zero attached hydrogens (tertiary/aromatic N) is 5. The zero-order valence-corrected chi connectivity index (χ0v) is 18.7. The smallest absolute Gasteiger partial charge is 0.193 e. The molecule has 6 nitrogen and oxygen atoms in total. The van der Waals surface area contributed by atoms with Crippen molar-refractivity contribution in [3.05, 3.63) is 58.9 Å². The van der Waals surface area contributed by atoms with E-state index < -0.39 is 0 Å². The van der Waals surface area contributed by atoms with Crippen molar-refractivity contribution < 1.29 is 0 Å². The van der Waals surface area contributed by atoms with Crippen molar-refractivity contribution in [2.75, 3.05) is 20.6 Å². The fourth-order valence-corrected chi connectivity index (χ4v) is 4.18. The zero-order valence-electron chi connectivity index (χ0n) is 17.9. The molecule has 0 radical (unpaired) electrons. The van der Waals surface area contributed by atoms with Gasteiger partial charge in [-0.2, -0.15) is 5.10 Å². The van der Waals surface area contributed by atoms with E-state index in [0.717, 1.165) is 41.9 Å². The Kier molecular flexibility index (Phi) is 7.04. The molecule has 0 saturated heterocycles. The predicted molar refractivity (Wildman–Crippen MR) is 121 cm³/mol. The highest BCUT2D eigenvalue weighted by Crippen LogP contribution is 2.23. The molecule has 0 spiro atoms. The monoisotopic (exact) mass is 410 g/mol. The first-order chi connectivity index (χ1) is 14.0. The molecule has 1 N–H and O–H groups in total. The summed E-state index contributed by atoms with van der Waals surface area (Å²) >= 11 is 1.69. The molecule has 7 heteroatoms. The van der Waals surface area contributed by atoms with Gasteiger partial charge in [0.25, 0.3) is 0 Å². The van der Waals surface area contributed by atoms with Gasteiger partial charge < -0.3 is 10.2 Å². The summed E-state index contributed by atoms with van der Waals surface area (Å²) in [7, 11) is 5.85. The van der Waals surface area contributed by atoms with Crippen LogP contribution in [0.2, 0.25) is 0 Å². The summed E-state index contributed by atoms with van der Waals surface area (Å²) in [5, 5.41) is 11.3. The molecule has 3 rings (SSSR count). The van der Waals surface area contributed by atoms with Crippen molar-refractivity contribution in [3.63, 3.8) is 0 Å². The molecule has 2 heterocycles. The highest BCUT2D eigenvalue weighted by atomic mass is 32.1. The Morgan fingerprint density at radius 3 is 2.72 bits per heavy atom. The molecule has 0 aliphatic carbocycles. The van der Waals surface area contributed by atoms with Crippen molar-refractivity contribution in [1.82, 2.24) is 25.0 Å². The molecule has 2 aromatic heterocycles. The second-order valence-electron chi connectivity index (χ2n) is 7.46. The topological polar surface area (TPSA) is 58.3 Å². The number of aryl methyl sites for hydroxylation is 1. The quantitative estimate of drug-likeness (QED) is 0.474. The van der Waals surface area contributed by atoms with Gasteiger partial charge in [-0.1, -0.05) is 44.2 Å². The number of benzene rings is 1. The number of rotatable bonds is 7. The molecule has 0 amide bonds. The van der Waals surface area contributed by atoms with Gasteiger partial charge in [0.2, 0.25) is 0 Å². The second kappa shape index (κ2) is 9.69. The molecule has 0 aliphatic rings. The van der Waals surface area contributed by atoms with E-state index in [1.54, 1.807) is 11.3 Å². The summed E-state index contributed by atoms with van der Waals surface area (Å²) in [6.45, 7) is 5.92. The highest BCUT2D eigenvalue weighted by molar-refractivity contribution is 7.13. The summed E-state index contributed by atoms with van der Waals surface area (Å²) in [4.78, 5) is 11.3. The van der Waals surface area contributed by atoms with Crippen molar-refractivity contribution in [2.45, 2.75) is 32.7 Å². The third-order valence-electron chi connectivity index (χ3n) is 4.70. The minimum Gasteiger partial charge on any atom is -0.356 e. The Balaban J connectivity index is 1.55. The van der Waals surface area contributed by atoms with Crippen LogP contribution in [0.25, 0.3) is 10.6 Å². The summed E-state index contributed by atoms with van der Waals surface area (Å²) in [6.07, 6.45) is 2.96. The van der Waals surface area contributed by atoms with Crippen LogP contribution in [0.1, 0.15) is 36.7 Å². The standard InChI is InChI=1S/C22H30N6S/c1-16(2)20-18(14-28(5)26-20)13-27(4)22(23-3)24-12-11-19-15-29-21(25-19)17-9-7-6-8-10-17/h6-10,14-16H,11-13H2,1-5H3,(H,23,24). The van der Waals surface area contributed by atoms with Crippen molar-refractivity contribution in [3.8, 4) is 10.6 Å². The molecule has 0 fully saturated rings. The van der Waals surface area contributed by atoms with E-state index in [2.05, 4.69) is 64.9 Å². The van der Waals surface area contributed by atoms with Crippen LogP contribution in [-0.2, 0) is 20.0 Å². The highest BCUT2D eigenvalue weighted by Gasteiger charge is 2.15. The van der Waals surface area contributed by atoms with E-state index in [4.69, 9.17) is 4.98 Å². The van der Waals surface area contributed by atoms with E-state index in [1.165, 1.54) is 11.1 Å². The second-order valence-corrected chi connectivity index (χ2v) is 8.32. The first kappa shape index (κ1) is 21.0. The van der Waals surface area contributed by atoms with Gasteiger partial charge in [0.05, 0.1) is 11.4 Å². The van der Waals surface area contributed by atoms with Crippen LogP contribution in [0.3, 0.4) is 0 Å². The van der Waals surface area contributed by atoms with E-state index >= 15 is 0 Å². The molecule has 0 unspecified atom stereocenters. The first-order valence-corrected chi connectivity index (χ1v) is 10.8. The van der Waals surface area contributed by atoms with Gasteiger partial charge in [0.1, 0.15) is 5.01 Å². The van der Waals surface area contributed by atoms with Gasteiger partial charge in [-0.3, -0.25) is 9.67 Å². The van der Waals surface area contributed by atoms with Crippen LogP contribution in [0, 0.1) is 0 Å². The molecule has 0 aliphatic heterocycles. The van der Waals surface area contributed by atoms with Gasteiger partial charge in [-0.15, -0.1) is 11.3 Å². The minimum absolute atomic E-state index is 0.401. The SMILES string of the molecule is CN=C(NCCc1csc(-c2ccccc2)n1)N(C)Cc1cn(C)nc1C(C)C. The van der Waals surface area contributed by atoms with Crippen LogP contribution >= 0.6 is 11.3 Å². The number of aromatic nitrogens is 3. The summed E-state index contributed by atoms with van der Waals surface area (Å²) in [6, 6.07) is 10.3. The number of nitrogens with one attached hydrogen (secondary N) is 1. The predicted octanol–water partition coefficient (Wildman–Crippen LogP) is 3.92. The van der Waals surface area contributed by atoms with Gasteiger partial charge in [0, 0.05) is 63.4 Å². The summed E-state index contributed by atoms with van der Waals surface area (Å²) in [5.41, 5.74) is 4.66. The lowest BCUT2D eigenvalue weighted by Crippen LogP contribution is -2.39. The van der Waals surface area contributed by atoms with E-state index in [1.807, 2.05) is 37.0 Å². The average molecular weight is 411 g/mol. The van der Waals surface area contributed by atoms with Crippen LogP contribution < -0.4 is 5.32 Å². The number of hydrogen-bond acceptors (Lipinski definition) is 4. The molecule has 1 aromatic carbocycles. The average Bonchev–Trinajstić information content (AvgIpc) is 3.32. The summed E-state index contributed by atoms with van der Waals surface area (Å²) in [5.74, 6) is 1.28. The van der Waals surface area contributed by atoms with Crippen molar-refractivity contribution in [2.24, 2.45) is 12.0 Å². The van der Waals surface area contributed by atoms with Crippen LogP contribution in [0.15, 0.2) is 46.9 Å². The fourth-order valence-electron chi connectivity index (χ4n) is 3.32. The molecule has 0 bridgehead atoms. The van der Waals surface area contributed by atoms with Gasteiger partial charge in [-0.25, -0.2) is 4.98 Å². The van der Waals surface area contributed by atoms with Crippen LogP contribution in [0.4, 0.5) is 0 Å². The molecule has 29 heavy (non-hydrogen) atoms. The maximum Gasteiger partial charge on any atom is 0.193 e.